The quantitative estimate of drug-likeness (QED) is 0.787. The fourth-order valence-corrected chi connectivity index (χ4v) is 2.14. The molecule has 1 aromatic heterocycles. The first-order valence-corrected chi connectivity index (χ1v) is 6.77. The van der Waals surface area contributed by atoms with Crippen molar-refractivity contribution >= 4 is 15.9 Å². The molecule has 88 valence electrons. The van der Waals surface area contributed by atoms with Crippen molar-refractivity contribution in [3.63, 3.8) is 0 Å². The van der Waals surface area contributed by atoms with Crippen LogP contribution in [0.5, 0.6) is 0 Å². The minimum absolute atomic E-state index is 0.0340. The Balaban J connectivity index is 2.05. The first kappa shape index (κ1) is 11.2. The molecule has 2 rings (SSSR count). The van der Waals surface area contributed by atoms with Crippen LogP contribution in [-0.4, -0.2) is 31.9 Å². The van der Waals surface area contributed by atoms with E-state index >= 15 is 0 Å². The van der Waals surface area contributed by atoms with E-state index in [0.717, 1.165) is 16.3 Å². The van der Waals surface area contributed by atoms with Crippen molar-refractivity contribution in [2.24, 2.45) is 5.92 Å². The number of amides is 1. The molecule has 1 aromatic rings. The van der Waals surface area contributed by atoms with Crippen LogP contribution < -0.4 is 0 Å². The molecule has 1 aliphatic rings. The summed E-state index contributed by atoms with van der Waals surface area (Å²) in [5.41, 5.74) is 0. The third-order valence-corrected chi connectivity index (χ3v) is 4.00. The first-order chi connectivity index (χ1) is 7.41. The van der Waals surface area contributed by atoms with Crippen molar-refractivity contribution in [2.75, 3.05) is 13.3 Å². The van der Waals surface area contributed by atoms with Gasteiger partial charge in [-0.1, -0.05) is 0 Å². The highest BCUT2D eigenvalue weighted by Crippen LogP contribution is 2.48. The molecule has 0 spiro atoms. The normalized spacial score (nSPS) is 24.1. The Bertz CT molecular complexity index is 491. The SMILES string of the molecule is CN(C(=O)[C@H]1C[C@H]1c1ccco1)S(C)(=O)=O. The van der Waals surface area contributed by atoms with E-state index in [9.17, 15) is 13.2 Å². The van der Waals surface area contributed by atoms with E-state index < -0.39 is 10.0 Å². The zero-order valence-corrected chi connectivity index (χ0v) is 9.90. The number of rotatable bonds is 3. The van der Waals surface area contributed by atoms with Gasteiger partial charge in [-0.05, 0) is 18.6 Å². The van der Waals surface area contributed by atoms with E-state index in [0.29, 0.717) is 6.42 Å². The van der Waals surface area contributed by atoms with E-state index in [4.69, 9.17) is 4.42 Å². The topological polar surface area (TPSA) is 67.6 Å². The average Bonchev–Trinajstić information content (AvgIpc) is 2.81. The molecule has 0 saturated heterocycles. The van der Waals surface area contributed by atoms with Crippen molar-refractivity contribution in [3.05, 3.63) is 24.2 Å². The van der Waals surface area contributed by atoms with Gasteiger partial charge in [-0.25, -0.2) is 12.7 Å². The molecule has 0 aromatic carbocycles. The first-order valence-electron chi connectivity index (χ1n) is 4.92. The predicted octanol–water partition coefficient (Wildman–Crippen LogP) is 0.801. The number of carbonyl (C=O) groups excluding carboxylic acids is 1. The smallest absolute Gasteiger partial charge is 0.239 e. The lowest BCUT2D eigenvalue weighted by molar-refractivity contribution is -0.127. The molecule has 1 saturated carbocycles. The van der Waals surface area contributed by atoms with Crippen molar-refractivity contribution in [2.45, 2.75) is 12.3 Å². The molecule has 6 heteroatoms. The summed E-state index contributed by atoms with van der Waals surface area (Å²) in [6.45, 7) is 0. The Morgan fingerprint density at radius 3 is 2.75 bits per heavy atom. The largest absolute Gasteiger partial charge is 0.469 e. The molecule has 0 aliphatic heterocycles. The molecule has 0 N–H and O–H groups in total. The van der Waals surface area contributed by atoms with Gasteiger partial charge in [0.05, 0.1) is 12.5 Å². The molecule has 1 amide bonds. The molecule has 2 atom stereocenters. The molecule has 16 heavy (non-hydrogen) atoms. The predicted molar refractivity (Wildman–Crippen MR) is 57.2 cm³/mol. The Morgan fingerprint density at radius 1 is 1.56 bits per heavy atom. The van der Waals surface area contributed by atoms with Crippen LogP contribution in [0.2, 0.25) is 0 Å². The van der Waals surface area contributed by atoms with Crippen LogP contribution in [0.15, 0.2) is 22.8 Å². The zero-order valence-electron chi connectivity index (χ0n) is 9.08. The maximum atomic E-state index is 11.8. The average molecular weight is 243 g/mol. The van der Waals surface area contributed by atoms with Crippen LogP contribution in [0.3, 0.4) is 0 Å². The summed E-state index contributed by atoms with van der Waals surface area (Å²) in [7, 11) is -2.16. The van der Waals surface area contributed by atoms with Gasteiger partial charge >= 0.3 is 0 Å². The zero-order chi connectivity index (χ0) is 11.9. The van der Waals surface area contributed by atoms with Crippen LogP contribution >= 0.6 is 0 Å². The van der Waals surface area contributed by atoms with E-state index in [1.165, 1.54) is 7.05 Å². The minimum Gasteiger partial charge on any atom is -0.469 e. The van der Waals surface area contributed by atoms with Crippen LogP contribution in [-0.2, 0) is 14.8 Å². The molecule has 0 unspecified atom stereocenters. The Hall–Kier alpha value is -1.30. The second-order valence-corrected chi connectivity index (χ2v) is 6.05. The van der Waals surface area contributed by atoms with E-state index in [1.807, 2.05) is 0 Å². The van der Waals surface area contributed by atoms with Crippen molar-refractivity contribution in [3.8, 4) is 0 Å². The van der Waals surface area contributed by atoms with Gasteiger partial charge in [-0.15, -0.1) is 0 Å². The Kier molecular flexibility index (Phi) is 2.53. The second-order valence-electron chi connectivity index (χ2n) is 4.03. The molecule has 1 fully saturated rings. The van der Waals surface area contributed by atoms with Crippen LogP contribution in [0.4, 0.5) is 0 Å². The second kappa shape index (κ2) is 3.62. The number of hydrogen-bond donors (Lipinski definition) is 0. The van der Waals surface area contributed by atoms with Crippen LogP contribution in [0.1, 0.15) is 18.1 Å². The lowest BCUT2D eigenvalue weighted by atomic mass is 10.2. The standard InChI is InChI=1S/C10H13NO4S/c1-11(16(2,13)14)10(12)8-6-7(8)9-4-3-5-15-9/h3-5,7-8H,6H2,1-2H3/t7-,8+/m1/s1. The summed E-state index contributed by atoms with van der Waals surface area (Å²) in [5.74, 6) is 0.168. The van der Waals surface area contributed by atoms with Gasteiger partial charge < -0.3 is 4.42 Å². The summed E-state index contributed by atoms with van der Waals surface area (Å²) < 4.78 is 28.3. The van der Waals surface area contributed by atoms with Crippen LogP contribution in [0, 0.1) is 5.92 Å². The lowest BCUT2D eigenvalue weighted by Gasteiger charge is -2.13. The van der Waals surface area contributed by atoms with E-state index in [1.54, 1.807) is 18.4 Å². The Labute approximate surface area is 94.1 Å². The third kappa shape index (κ3) is 1.97. The number of sulfonamides is 1. The molecular weight excluding hydrogens is 230 g/mol. The maximum absolute atomic E-state index is 11.8. The number of hydrogen-bond acceptors (Lipinski definition) is 4. The third-order valence-electron chi connectivity index (χ3n) is 2.82. The van der Waals surface area contributed by atoms with E-state index in [2.05, 4.69) is 0 Å². The highest BCUT2D eigenvalue weighted by Gasteiger charge is 2.48. The van der Waals surface area contributed by atoms with Crippen molar-refractivity contribution in [1.29, 1.82) is 0 Å². The van der Waals surface area contributed by atoms with E-state index in [-0.39, 0.29) is 17.7 Å². The number of carbonyl (C=O) groups is 1. The van der Waals surface area contributed by atoms with Gasteiger partial charge in [0.25, 0.3) is 0 Å². The van der Waals surface area contributed by atoms with Crippen LogP contribution in [0.25, 0.3) is 0 Å². The fraction of sp³-hybridized carbons (Fsp3) is 0.500. The molecule has 5 nitrogen and oxygen atoms in total. The summed E-state index contributed by atoms with van der Waals surface area (Å²) in [6.07, 6.45) is 3.23. The van der Waals surface area contributed by atoms with Gasteiger partial charge in [0.15, 0.2) is 0 Å². The number of nitrogens with zero attached hydrogens (tertiary/aromatic N) is 1. The van der Waals surface area contributed by atoms with Crippen molar-refractivity contribution < 1.29 is 17.6 Å². The fourth-order valence-electron chi connectivity index (χ4n) is 1.68. The molecule has 0 radical (unpaired) electrons. The Morgan fingerprint density at radius 2 is 2.25 bits per heavy atom. The highest BCUT2D eigenvalue weighted by molar-refractivity contribution is 7.88. The van der Waals surface area contributed by atoms with Gasteiger partial charge in [0.2, 0.25) is 15.9 Å². The summed E-state index contributed by atoms with van der Waals surface area (Å²) in [6, 6.07) is 3.56. The monoisotopic (exact) mass is 243 g/mol. The minimum atomic E-state index is -3.45. The van der Waals surface area contributed by atoms with Gasteiger partial charge in [0, 0.05) is 18.9 Å². The highest BCUT2D eigenvalue weighted by atomic mass is 32.2. The molecule has 1 aliphatic carbocycles. The molecule has 0 bridgehead atoms. The number of furan rings is 1. The molecule has 1 heterocycles. The van der Waals surface area contributed by atoms with Gasteiger partial charge in [-0.2, -0.15) is 0 Å². The summed E-state index contributed by atoms with van der Waals surface area (Å²) in [5, 5.41) is 0. The summed E-state index contributed by atoms with van der Waals surface area (Å²) in [4.78, 5) is 11.8. The maximum Gasteiger partial charge on any atom is 0.239 e. The van der Waals surface area contributed by atoms with Gasteiger partial charge in [-0.3, -0.25) is 4.79 Å². The molecular formula is C10H13NO4S. The van der Waals surface area contributed by atoms with Crippen molar-refractivity contribution in [1.82, 2.24) is 4.31 Å². The van der Waals surface area contributed by atoms with Gasteiger partial charge in [0.1, 0.15) is 5.76 Å². The summed E-state index contributed by atoms with van der Waals surface area (Å²) >= 11 is 0. The lowest BCUT2D eigenvalue weighted by Crippen LogP contribution is -2.33.